The van der Waals surface area contributed by atoms with Crippen molar-refractivity contribution >= 4 is 22.6 Å². The van der Waals surface area contributed by atoms with Gasteiger partial charge in [0.2, 0.25) is 0 Å². The molecular formula is C22H18ClN3. The molecule has 0 aliphatic heterocycles. The van der Waals surface area contributed by atoms with Crippen LogP contribution < -0.4 is 0 Å². The van der Waals surface area contributed by atoms with E-state index in [0.717, 1.165) is 46.2 Å². The summed E-state index contributed by atoms with van der Waals surface area (Å²) in [7, 11) is 0. The molecule has 26 heavy (non-hydrogen) atoms. The fourth-order valence-electron chi connectivity index (χ4n) is 4.02. The predicted molar refractivity (Wildman–Crippen MR) is 106 cm³/mol. The van der Waals surface area contributed by atoms with Crippen LogP contribution in [0.1, 0.15) is 23.2 Å². The Morgan fingerprint density at radius 1 is 0.923 bits per heavy atom. The highest BCUT2D eigenvalue weighted by molar-refractivity contribution is 6.30. The van der Waals surface area contributed by atoms with Gasteiger partial charge in [0.05, 0.1) is 17.1 Å². The van der Waals surface area contributed by atoms with Crippen molar-refractivity contribution in [3.63, 3.8) is 0 Å². The molecule has 0 N–H and O–H groups in total. The lowest BCUT2D eigenvalue weighted by molar-refractivity contribution is 0.876. The van der Waals surface area contributed by atoms with Gasteiger partial charge in [0, 0.05) is 16.0 Å². The zero-order valence-electron chi connectivity index (χ0n) is 14.5. The number of fused-ring (bicyclic) bond motifs is 3. The van der Waals surface area contributed by atoms with Gasteiger partial charge in [-0.3, -0.25) is 0 Å². The molecule has 0 unspecified atom stereocenters. The molecule has 0 saturated carbocycles. The molecule has 2 aromatic carbocycles. The standard InChI is InChI=1S/C22H18ClN3/c1-14-20-18-8-5-9-19(18)21(15-10-12-16(23)13-11-15)24-22(20)26(25-14)17-6-3-2-4-7-17/h2-4,6-7,10-13H,5,8-9H2,1H3. The summed E-state index contributed by atoms with van der Waals surface area (Å²) < 4.78 is 1.97. The highest BCUT2D eigenvalue weighted by Crippen LogP contribution is 2.37. The van der Waals surface area contributed by atoms with Crippen LogP contribution >= 0.6 is 11.6 Å². The summed E-state index contributed by atoms with van der Waals surface area (Å²) in [4.78, 5) is 5.10. The largest absolute Gasteiger partial charge is 0.228 e. The number of para-hydroxylation sites is 1. The molecule has 2 heterocycles. The number of nitrogens with zero attached hydrogens (tertiary/aromatic N) is 3. The fourth-order valence-corrected chi connectivity index (χ4v) is 4.15. The maximum Gasteiger partial charge on any atom is 0.164 e. The summed E-state index contributed by atoms with van der Waals surface area (Å²) in [5.74, 6) is 0. The van der Waals surface area contributed by atoms with E-state index in [1.54, 1.807) is 0 Å². The highest BCUT2D eigenvalue weighted by Gasteiger charge is 2.24. The number of rotatable bonds is 2. The average Bonchev–Trinajstić information content (AvgIpc) is 3.27. The second-order valence-corrected chi connectivity index (χ2v) is 7.25. The molecule has 0 fully saturated rings. The van der Waals surface area contributed by atoms with Crippen molar-refractivity contribution in [3.05, 3.63) is 76.4 Å². The van der Waals surface area contributed by atoms with Gasteiger partial charge in [-0.1, -0.05) is 41.9 Å². The molecule has 1 aliphatic carbocycles. The molecule has 4 aromatic rings. The molecule has 0 bridgehead atoms. The van der Waals surface area contributed by atoms with E-state index in [2.05, 4.69) is 31.2 Å². The third kappa shape index (κ3) is 2.35. The van der Waals surface area contributed by atoms with Crippen LogP contribution in [0.25, 0.3) is 28.0 Å². The molecule has 1 aliphatic rings. The highest BCUT2D eigenvalue weighted by atomic mass is 35.5. The Morgan fingerprint density at radius 2 is 1.65 bits per heavy atom. The predicted octanol–water partition coefficient (Wildman–Crippen LogP) is 5.54. The SMILES string of the molecule is Cc1nn(-c2ccccc2)c2nc(-c3ccc(Cl)cc3)c3c(c12)CCC3. The first-order valence-electron chi connectivity index (χ1n) is 8.95. The minimum atomic E-state index is 0.747. The van der Waals surface area contributed by atoms with Gasteiger partial charge in [-0.25, -0.2) is 9.67 Å². The number of halogens is 1. The molecule has 5 rings (SSSR count). The molecular weight excluding hydrogens is 342 g/mol. The number of benzene rings is 2. The lowest BCUT2D eigenvalue weighted by Crippen LogP contribution is -2.00. The molecule has 0 atom stereocenters. The number of pyridine rings is 1. The van der Waals surface area contributed by atoms with Gasteiger partial charge in [-0.15, -0.1) is 0 Å². The summed E-state index contributed by atoms with van der Waals surface area (Å²) in [6.45, 7) is 2.09. The summed E-state index contributed by atoms with van der Waals surface area (Å²) in [5.41, 5.74) is 8.01. The Morgan fingerprint density at radius 3 is 2.42 bits per heavy atom. The van der Waals surface area contributed by atoms with Crippen molar-refractivity contribution in [2.45, 2.75) is 26.2 Å². The quantitative estimate of drug-likeness (QED) is 0.470. The Bertz CT molecular complexity index is 1110. The van der Waals surface area contributed by atoms with Gasteiger partial charge in [-0.05, 0) is 61.6 Å². The van der Waals surface area contributed by atoms with Crippen LogP contribution in [-0.2, 0) is 12.8 Å². The lowest BCUT2D eigenvalue weighted by atomic mass is 10.00. The van der Waals surface area contributed by atoms with Gasteiger partial charge in [0.15, 0.2) is 5.65 Å². The maximum atomic E-state index is 6.09. The number of aryl methyl sites for hydroxylation is 2. The van der Waals surface area contributed by atoms with E-state index in [0.29, 0.717) is 0 Å². The van der Waals surface area contributed by atoms with Gasteiger partial charge in [0.25, 0.3) is 0 Å². The zero-order valence-corrected chi connectivity index (χ0v) is 15.3. The molecule has 128 valence electrons. The van der Waals surface area contributed by atoms with Crippen molar-refractivity contribution in [3.8, 4) is 16.9 Å². The Balaban J connectivity index is 1.83. The monoisotopic (exact) mass is 359 g/mol. The van der Waals surface area contributed by atoms with E-state index in [1.165, 1.54) is 22.9 Å². The summed E-state index contributed by atoms with van der Waals surface area (Å²) in [5, 5.41) is 6.79. The van der Waals surface area contributed by atoms with Gasteiger partial charge < -0.3 is 0 Å². The molecule has 3 nitrogen and oxygen atoms in total. The van der Waals surface area contributed by atoms with Crippen molar-refractivity contribution in [1.29, 1.82) is 0 Å². The second-order valence-electron chi connectivity index (χ2n) is 6.81. The van der Waals surface area contributed by atoms with Crippen LogP contribution in [-0.4, -0.2) is 14.8 Å². The number of hydrogen-bond donors (Lipinski definition) is 0. The molecule has 4 heteroatoms. The number of hydrogen-bond acceptors (Lipinski definition) is 2. The van der Waals surface area contributed by atoms with Crippen LogP contribution in [0.4, 0.5) is 0 Å². The Labute approximate surface area is 157 Å². The Kier molecular flexibility index (Phi) is 3.57. The number of aromatic nitrogens is 3. The van der Waals surface area contributed by atoms with Crippen molar-refractivity contribution in [1.82, 2.24) is 14.8 Å². The summed E-state index contributed by atoms with van der Waals surface area (Å²) >= 11 is 6.09. The Hall–Kier alpha value is -2.65. The van der Waals surface area contributed by atoms with E-state index < -0.39 is 0 Å². The van der Waals surface area contributed by atoms with E-state index in [4.69, 9.17) is 21.7 Å². The van der Waals surface area contributed by atoms with E-state index in [-0.39, 0.29) is 0 Å². The van der Waals surface area contributed by atoms with E-state index in [9.17, 15) is 0 Å². The molecule has 0 amide bonds. The third-order valence-corrected chi connectivity index (χ3v) is 5.43. The van der Waals surface area contributed by atoms with Crippen molar-refractivity contribution in [2.75, 3.05) is 0 Å². The van der Waals surface area contributed by atoms with E-state index in [1.807, 2.05) is 35.0 Å². The summed E-state index contributed by atoms with van der Waals surface area (Å²) in [6, 6.07) is 18.2. The minimum Gasteiger partial charge on any atom is -0.228 e. The topological polar surface area (TPSA) is 30.7 Å². The normalized spacial score (nSPS) is 13.3. The van der Waals surface area contributed by atoms with Crippen LogP contribution in [0.15, 0.2) is 54.6 Å². The van der Waals surface area contributed by atoms with Gasteiger partial charge in [0.1, 0.15) is 0 Å². The van der Waals surface area contributed by atoms with Crippen molar-refractivity contribution in [2.24, 2.45) is 0 Å². The smallest absolute Gasteiger partial charge is 0.164 e. The summed E-state index contributed by atoms with van der Waals surface area (Å²) in [6.07, 6.45) is 3.34. The first-order chi connectivity index (χ1) is 12.7. The van der Waals surface area contributed by atoms with Crippen LogP contribution in [0.2, 0.25) is 5.02 Å². The maximum absolute atomic E-state index is 6.09. The first kappa shape index (κ1) is 15.6. The zero-order chi connectivity index (χ0) is 17.7. The van der Waals surface area contributed by atoms with Crippen LogP contribution in [0.5, 0.6) is 0 Å². The van der Waals surface area contributed by atoms with Crippen LogP contribution in [0, 0.1) is 6.92 Å². The first-order valence-corrected chi connectivity index (χ1v) is 9.32. The molecule has 0 saturated heterocycles. The molecule has 2 aromatic heterocycles. The second kappa shape index (κ2) is 5.96. The lowest BCUT2D eigenvalue weighted by Gasteiger charge is -2.11. The molecule has 0 spiro atoms. The van der Waals surface area contributed by atoms with E-state index >= 15 is 0 Å². The molecule has 0 radical (unpaired) electrons. The average molecular weight is 360 g/mol. The third-order valence-electron chi connectivity index (χ3n) is 5.18. The minimum absolute atomic E-state index is 0.747. The van der Waals surface area contributed by atoms with Crippen LogP contribution in [0.3, 0.4) is 0 Å². The van der Waals surface area contributed by atoms with Gasteiger partial charge >= 0.3 is 0 Å². The fraction of sp³-hybridized carbons (Fsp3) is 0.182. The van der Waals surface area contributed by atoms with Gasteiger partial charge in [-0.2, -0.15) is 5.10 Å². The van der Waals surface area contributed by atoms with Crippen molar-refractivity contribution < 1.29 is 0 Å².